The third-order valence-electron chi connectivity index (χ3n) is 1.55. The fraction of sp³-hybridized carbons (Fsp3) is 0.222. The van der Waals surface area contributed by atoms with Crippen molar-refractivity contribution in [3.63, 3.8) is 0 Å². The molecule has 14 heavy (non-hydrogen) atoms. The number of carboxylic acid groups (broad SMARTS) is 1. The molecule has 0 bridgehead atoms. The molecule has 0 aliphatic rings. The molecule has 5 nitrogen and oxygen atoms in total. The van der Waals surface area contributed by atoms with Crippen LogP contribution < -0.4 is 5.32 Å². The number of carbonyl (C=O) groups is 2. The van der Waals surface area contributed by atoms with Crippen LogP contribution in [0.4, 0.5) is 0 Å². The van der Waals surface area contributed by atoms with Gasteiger partial charge < -0.3 is 10.4 Å². The minimum Gasteiger partial charge on any atom is -0.481 e. The van der Waals surface area contributed by atoms with E-state index >= 15 is 0 Å². The smallest absolute Gasteiger partial charge is 0.305 e. The summed E-state index contributed by atoms with van der Waals surface area (Å²) in [7, 11) is 0. The van der Waals surface area contributed by atoms with E-state index in [0.717, 1.165) is 0 Å². The number of amides is 1. The van der Waals surface area contributed by atoms with Gasteiger partial charge in [0, 0.05) is 18.9 Å². The number of hydrogen-bond donors (Lipinski definition) is 2. The molecule has 0 fully saturated rings. The molecule has 5 heteroatoms. The summed E-state index contributed by atoms with van der Waals surface area (Å²) in [5.74, 6) is -1.24. The molecule has 1 heterocycles. The van der Waals surface area contributed by atoms with Gasteiger partial charge in [0.05, 0.1) is 12.0 Å². The minimum absolute atomic E-state index is 0.0774. The lowest BCUT2D eigenvalue weighted by atomic mass is 10.2. The maximum atomic E-state index is 11.3. The summed E-state index contributed by atoms with van der Waals surface area (Å²) < 4.78 is 0. The molecule has 0 spiro atoms. The van der Waals surface area contributed by atoms with Gasteiger partial charge in [0.2, 0.25) is 0 Å². The molecule has 0 aliphatic carbocycles. The Morgan fingerprint density at radius 3 is 2.86 bits per heavy atom. The first-order valence-corrected chi connectivity index (χ1v) is 4.10. The van der Waals surface area contributed by atoms with E-state index in [0.29, 0.717) is 5.56 Å². The monoisotopic (exact) mass is 194 g/mol. The summed E-state index contributed by atoms with van der Waals surface area (Å²) in [6.07, 6.45) is 2.91. The molecule has 0 atom stereocenters. The van der Waals surface area contributed by atoms with Crippen molar-refractivity contribution in [1.82, 2.24) is 10.3 Å². The highest BCUT2D eigenvalue weighted by Gasteiger charge is 2.04. The Morgan fingerprint density at radius 2 is 2.29 bits per heavy atom. The van der Waals surface area contributed by atoms with E-state index in [1.807, 2.05) is 0 Å². The van der Waals surface area contributed by atoms with Crippen molar-refractivity contribution >= 4 is 11.9 Å². The van der Waals surface area contributed by atoms with Gasteiger partial charge in [-0.1, -0.05) is 0 Å². The van der Waals surface area contributed by atoms with Crippen molar-refractivity contribution < 1.29 is 14.7 Å². The molecule has 1 aromatic heterocycles. The fourth-order valence-corrected chi connectivity index (χ4v) is 0.882. The second-order valence-electron chi connectivity index (χ2n) is 2.64. The van der Waals surface area contributed by atoms with Gasteiger partial charge in [0.1, 0.15) is 0 Å². The molecule has 0 aliphatic heterocycles. The van der Waals surface area contributed by atoms with E-state index in [2.05, 4.69) is 10.3 Å². The Bertz CT molecular complexity index is 324. The van der Waals surface area contributed by atoms with Gasteiger partial charge in [-0.25, -0.2) is 0 Å². The second kappa shape index (κ2) is 4.96. The lowest BCUT2D eigenvalue weighted by Gasteiger charge is -2.01. The number of carboxylic acids is 1. The predicted molar refractivity (Wildman–Crippen MR) is 48.8 cm³/mol. The number of pyridine rings is 1. The first-order valence-electron chi connectivity index (χ1n) is 4.10. The van der Waals surface area contributed by atoms with Crippen molar-refractivity contribution in [3.05, 3.63) is 30.1 Å². The molecular formula is C9H10N2O3. The number of nitrogens with zero attached hydrogens (tertiary/aromatic N) is 1. The number of rotatable bonds is 4. The van der Waals surface area contributed by atoms with Crippen LogP contribution in [0.1, 0.15) is 16.8 Å². The van der Waals surface area contributed by atoms with Crippen LogP contribution in [0, 0.1) is 0 Å². The van der Waals surface area contributed by atoms with E-state index in [4.69, 9.17) is 5.11 Å². The number of hydrogen-bond acceptors (Lipinski definition) is 3. The molecule has 1 rings (SSSR count). The Hall–Kier alpha value is -1.91. The second-order valence-corrected chi connectivity index (χ2v) is 2.64. The zero-order valence-electron chi connectivity index (χ0n) is 7.43. The van der Waals surface area contributed by atoms with Crippen molar-refractivity contribution in [1.29, 1.82) is 0 Å². The molecule has 74 valence electrons. The zero-order valence-corrected chi connectivity index (χ0v) is 7.43. The molecule has 0 unspecified atom stereocenters. The molecule has 2 N–H and O–H groups in total. The average molecular weight is 194 g/mol. The SMILES string of the molecule is O=C(O)CCNC(=O)c1cccnc1. The van der Waals surface area contributed by atoms with Gasteiger partial charge in [0.15, 0.2) is 0 Å². The molecular weight excluding hydrogens is 184 g/mol. The summed E-state index contributed by atoms with van der Waals surface area (Å²) in [6, 6.07) is 3.26. The van der Waals surface area contributed by atoms with Crippen LogP contribution in [-0.2, 0) is 4.79 Å². The molecule has 1 aromatic rings. The van der Waals surface area contributed by atoms with E-state index < -0.39 is 5.97 Å². The topological polar surface area (TPSA) is 79.3 Å². The van der Waals surface area contributed by atoms with Gasteiger partial charge in [-0.15, -0.1) is 0 Å². The van der Waals surface area contributed by atoms with Gasteiger partial charge in [-0.3, -0.25) is 14.6 Å². The minimum atomic E-state index is -0.934. The first-order chi connectivity index (χ1) is 6.70. The third-order valence-corrected chi connectivity index (χ3v) is 1.55. The van der Waals surface area contributed by atoms with Gasteiger partial charge in [-0.2, -0.15) is 0 Å². The van der Waals surface area contributed by atoms with Crippen LogP contribution in [0.3, 0.4) is 0 Å². The van der Waals surface area contributed by atoms with Crippen LogP contribution in [0.25, 0.3) is 0 Å². The summed E-state index contributed by atoms with van der Waals surface area (Å²) in [6.45, 7) is 0.128. The Morgan fingerprint density at radius 1 is 1.50 bits per heavy atom. The van der Waals surface area contributed by atoms with Crippen molar-refractivity contribution in [2.75, 3.05) is 6.54 Å². The highest BCUT2D eigenvalue weighted by Crippen LogP contribution is 1.94. The lowest BCUT2D eigenvalue weighted by molar-refractivity contribution is -0.136. The van der Waals surface area contributed by atoms with Crippen LogP contribution >= 0.6 is 0 Å². The summed E-state index contributed by atoms with van der Waals surface area (Å²) >= 11 is 0. The Kier molecular flexibility index (Phi) is 3.60. The molecule has 0 radical (unpaired) electrons. The number of nitrogens with one attached hydrogen (secondary N) is 1. The quantitative estimate of drug-likeness (QED) is 0.721. The highest BCUT2D eigenvalue weighted by molar-refractivity contribution is 5.93. The molecule has 0 saturated carbocycles. The molecule has 0 aromatic carbocycles. The van der Waals surface area contributed by atoms with E-state index in [1.165, 1.54) is 6.20 Å². The van der Waals surface area contributed by atoms with Gasteiger partial charge in [0.25, 0.3) is 5.91 Å². The zero-order chi connectivity index (χ0) is 10.4. The number of carbonyl (C=O) groups excluding carboxylic acids is 1. The Balaban J connectivity index is 2.40. The predicted octanol–water partition coefficient (Wildman–Crippen LogP) is 0.286. The lowest BCUT2D eigenvalue weighted by Crippen LogP contribution is -2.25. The van der Waals surface area contributed by atoms with Crippen LogP contribution in [-0.4, -0.2) is 28.5 Å². The summed E-state index contributed by atoms with van der Waals surface area (Å²) in [5.41, 5.74) is 0.429. The van der Waals surface area contributed by atoms with Crippen molar-refractivity contribution in [2.45, 2.75) is 6.42 Å². The average Bonchev–Trinajstić information content (AvgIpc) is 2.18. The molecule has 1 amide bonds. The molecule has 0 saturated heterocycles. The van der Waals surface area contributed by atoms with Crippen LogP contribution in [0.2, 0.25) is 0 Å². The highest BCUT2D eigenvalue weighted by atomic mass is 16.4. The van der Waals surface area contributed by atoms with Gasteiger partial charge in [-0.05, 0) is 12.1 Å². The van der Waals surface area contributed by atoms with Crippen LogP contribution in [0.5, 0.6) is 0 Å². The summed E-state index contributed by atoms with van der Waals surface area (Å²) in [5, 5.41) is 10.8. The van der Waals surface area contributed by atoms with Crippen molar-refractivity contribution in [3.8, 4) is 0 Å². The van der Waals surface area contributed by atoms with Crippen LogP contribution in [0.15, 0.2) is 24.5 Å². The standard InChI is InChI=1S/C9H10N2O3/c12-8(13)3-5-11-9(14)7-2-1-4-10-6-7/h1-2,4,6H,3,5H2,(H,11,14)(H,12,13). The van der Waals surface area contributed by atoms with E-state index in [-0.39, 0.29) is 18.9 Å². The normalized spacial score (nSPS) is 9.43. The summed E-state index contributed by atoms with van der Waals surface area (Å²) in [4.78, 5) is 25.2. The number of aromatic nitrogens is 1. The van der Waals surface area contributed by atoms with Crippen molar-refractivity contribution in [2.24, 2.45) is 0 Å². The van der Waals surface area contributed by atoms with E-state index in [1.54, 1.807) is 18.3 Å². The van der Waals surface area contributed by atoms with Gasteiger partial charge >= 0.3 is 5.97 Å². The Labute approximate surface area is 80.8 Å². The first kappa shape index (κ1) is 10.2. The van der Waals surface area contributed by atoms with E-state index in [9.17, 15) is 9.59 Å². The maximum absolute atomic E-state index is 11.3. The maximum Gasteiger partial charge on any atom is 0.305 e. The third kappa shape index (κ3) is 3.22. The largest absolute Gasteiger partial charge is 0.481 e. The number of aliphatic carboxylic acids is 1. The fourth-order valence-electron chi connectivity index (χ4n) is 0.882.